The first-order chi connectivity index (χ1) is 5.15. The number of carbonyl (C=O) groups excluding carboxylic acids is 1. The number of halogens is 6. The van der Waals surface area contributed by atoms with E-state index in [1.165, 1.54) is 0 Å². The number of carbonyl (C=O) groups is 1. The highest BCUT2D eigenvalue weighted by atomic mass is 35.6. The lowest BCUT2D eigenvalue weighted by Gasteiger charge is -2.17. The molecule has 0 fully saturated rings. The Morgan fingerprint density at radius 1 is 1.00 bits per heavy atom. The van der Waals surface area contributed by atoms with Crippen molar-refractivity contribution in [3.8, 4) is 0 Å². The van der Waals surface area contributed by atoms with Crippen LogP contribution in [-0.4, -0.2) is 13.4 Å². The summed E-state index contributed by atoms with van der Waals surface area (Å²) in [4.78, 5) is 10.6. The average Bonchev–Trinajstić information content (AvgIpc) is 1.82. The molecule has 0 unspecified atom stereocenters. The van der Waals surface area contributed by atoms with Gasteiger partial charge in [-0.05, 0) is 24.4 Å². The molecule has 0 aliphatic carbocycles. The second-order valence-electron chi connectivity index (χ2n) is 2.09. The standard InChI is InChI=1S/C5H4Cl6O/c6-3(12)4(7,8)1-2-5(9,10)11/h1-2H2. The Morgan fingerprint density at radius 3 is 1.67 bits per heavy atom. The summed E-state index contributed by atoms with van der Waals surface area (Å²) in [5.41, 5.74) is 0. The Labute approximate surface area is 100 Å². The Hall–Kier alpha value is 1.41. The van der Waals surface area contributed by atoms with Crippen molar-refractivity contribution in [2.24, 2.45) is 0 Å². The predicted octanol–water partition coefficient (Wildman–Crippen LogP) is 4.08. The van der Waals surface area contributed by atoms with Crippen LogP contribution in [0.15, 0.2) is 0 Å². The third kappa shape index (κ3) is 5.95. The van der Waals surface area contributed by atoms with Crippen molar-refractivity contribution in [3.05, 3.63) is 0 Å². The summed E-state index contributed by atoms with van der Waals surface area (Å²) in [6, 6.07) is 0. The van der Waals surface area contributed by atoms with Gasteiger partial charge >= 0.3 is 0 Å². The lowest BCUT2D eigenvalue weighted by Crippen LogP contribution is -2.23. The first-order valence-corrected chi connectivity index (χ1v) is 5.06. The van der Waals surface area contributed by atoms with E-state index in [9.17, 15) is 4.79 Å². The molecule has 0 aliphatic rings. The molecule has 0 heterocycles. The van der Waals surface area contributed by atoms with E-state index in [0.29, 0.717) is 0 Å². The van der Waals surface area contributed by atoms with Gasteiger partial charge in [-0.15, -0.1) is 0 Å². The predicted molar refractivity (Wildman–Crippen MR) is 54.8 cm³/mol. The molecule has 0 spiro atoms. The first kappa shape index (κ1) is 13.4. The van der Waals surface area contributed by atoms with Gasteiger partial charge in [0.15, 0.2) is 8.13 Å². The fourth-order valence-corrected chi connectivity index (χ4v) is 0.964. The minimum atomic E-state index is -1.68. The van der Waals surface area contributed by atoms with Crippen LogP contribution >= 0.6 is 69.6 Å². The quantitative estimate of drug-likeness (QED) is 0.566. The zero-order chi connectivity index (χ0) is 9.99. The van der Waals surface area contributed by atoms with Gasteiger partial charge in [0.2, 0.25) is 0 Å². The van der Waals surface area contributed by atoms with Crippen LogP contribution in [0.2, 0.25) is 0 Å². The molecule has 0 aromatic heterocycles. The highest BCUT2D eigenvalue weighted by Gasteiger charge is 2.35. The number of hydrogen-bond donors (Lipinski definition) is 0. The highest BCUT2D eigenvalue weighted by Crippen LogP contribution is 2.38. The lowest BCUT2D eigenvalue weighted by atomic mass is 10.2. The number of hydrogen-bond acceptors (Lipinski definition) is 1. The van der Waals surface area contributed by atoms with Gasteiger partial charge in [-0.3, -0.25) is 4.79 Å². The van der Waals surface area contributed by atoms with Crippen LogP contribution in [0.5, 0.6) is 0 Å². The Morgan fingerprint density at radius 2 is 1.42 bits per heavy atom. The van der Waals surface area contributed by atoms with E-state index in [1.54, 1.807) is 0 Å². The van der Waals surface area contributed by atoms with Gasteiger partial charge in [0.1, 0.15) is 0 Å². The topological polar surface area (TPSA) is 17.1 Å². The molecule has 1 nitrogen and oxygen atoms in total. The van der Waals surface area contributed by atoms with Crippen LogP contribution < -0.4 is 0 Å². The summed E-state index contributed by atoms with van der Waals surface area (Å²) in [5, 5.41) is -0.875. The molecule has 0 rings (SSSR count). The summed E-state index contributed by atoms with van der Waals surface area (Å²) in [5.74, 6) is 0. The maximum atomic E-state index is 10.6. The molecular weight excluding hydrogens is 289 g/mol. The molecule has 72 valence electrons. The summed E-state index contributed by atoms with van der Waals surface area (Å²) in [7, 11) is 0. The van der Waals surface area contributed by atoms with Crippen molar-refractivity contribution >= 4 is 74.8 Å². The molecule has 12 heavy (non-hydrogen) atoms. The van der Waals surface area contributed by atoms with Gasteiger partial charge in [0.25, 0.3) is 5.24 Å². The third-order valence-corrected chi connectivity index (χ3v) is 2.81. The Balaban J connectivity index is 4.01. The molecule has 0 saturated carbocycles. The van der Waals surface area contributed by atoms with E-state index in [0.717, 1.165) is 0 Å². The zero-order valence-electron chi connectivity index (χ0n) is 5.59. The normalized spacial score (nSPS) is 13.2. The van der Waals surface area contributed by atoms with Crippen LogP contribution in [-0.2, 0) is 4.79 Å². The van der Waals surface area contributed by atoms with Gasteiger partial charge in [-0.25, -0.2) is 0 Å². The van der Waals surface area contributed by atoms with Crippen molar-refractivity contribution in [2.75, 3.05) is 0 Å². The molecular formula is C5H4Cl6O. The smallest absolute Gasteiger partial charge is 0.257 e. The van der Waals surface area contributed by atoms with Crippen molar-refractivity contribution in [1.29, 1.82) is 0 Å². The van der Waals surface area contributed by atoms with E-state index in [-0.39, 0.29) is 12.8 Å². The van der Waals surface area contributed by atoms with E-state index in [1.807, 2.05) is 0 Å². The van der Waals surface area contributed by atoms with Gasteiger partial charge in [-0.2, -0.15) is 0 Å². The third-order valence-electron chi connectivity index (χ3n) is 1.01. The van der Waals surface area contributed by atoms with Gasteiger partial charge < -0.3 is 0 Å². The maximum Gasteiger partial charge on any atom is 0.257 e. The molecule has 0 aromatic carbocycles. The lowest BCUT2D eigenvalue weighted by molar-refractivity contribution is -0.112. The van der Waals surface area contributed by atoms with Crippen molar-refractivity contribution < 1.29 is 4.79 Å². The first-order valence-electron chi connectivity index (χ1n) is 2.80. The van der Waals surface area contributed by atoms with Crippen molar-refractivity contribution in [2.45, 2.75) is 21.0 Å². The fraction of sp³-hybridized carbons (Fsp3) is 0.800. The maximum absolute atomic E-state index is 10.6. The summed E-state index contributed by atoms with van der Waals surface area (Å²) in [6.45, 7) is 0. The van der Waals surface area contributed by atoms with E-state index in [4.69, 9.17) is 69.6 Å². The van der Waals surface area contributed by atoms with Crippen LogP contribution in [0.4, 0.5) is 0 Å². The molecule has 0 saturated heterocycles. The van der Waals surface area contributed by atoms with Gasteiger partial charge in [0.05, 0.1) is 0 Å². The van der Waals surface area contributed by atoms with Gasteiger partial charge in [0, 0.05) is 0 Å². The second kappa shape index (κ2) is 4.77. The molecule has 0 radical (unpaired) electrons. The van der Waals surface area contributed by atoms with Crippen molar-refractivity contribution in [1.82, 2.24) is 0 Å². The molecule has 0 aromatic rings. The Kier molecular flexibility index (Phi) is 5.33. The van der Waals surface area contributed by atoms with Crippen LogP contribution in [0.1, 0.15) is 12.8 Å². The minimum absolute atomic E-state index is 0.00502. The highest BCUT2D eigenvalue weighted by molar-refractivity contribution is 6.78. The van der Waals surface area contributed by atoms with Crippen LogP contribution in [0, 0.1) is 0 Å². The number of rotatable bonds is 3. The van der Waals surface area contributed by atoms with Crippen LogP contribution in [0.25, 0.3) is 0 Å². The number of alkyl halides is 5. The minimum Gasteiger partial charge on any atom is -0.278 e. The average molecular weight is 293 g/mol. The summed E-state index contributed by atoms with van der Waals surface area (Å²) >= 11 is 32.2. The molecule has 7 heteroatoms. The molecule has 0 atom stereocenters. The van der Waals surface area contributed by atoms with E-state index < -0.39 is 13.4 Å². The molecule has 0 N–H and O–H groups in total. The molecule has 0 aliphatic heterocycles. The SMILES string of the molecule is O=C(Cl)C(Cl)(Cl)CCC(Cl)(Cl)Cl. The summed E-state index contributed by atoms with van der Waals surface area (Å²) < 4.78 is -3.15. The second-order valence-corrected chi connectivity index (χ2v) is 6.44. The van der Waals surface area contributed by atoms with Crippen molar-refractivity contribution in [3.63, 3.8) is 0 Å². The largest absolute Gasteiger partial charge is 0.278 e. The fourth-order valence-electron chi connectivity index (χ4n) is 0.397. The Bertz CT molecular complexity index is 171. The van der Waals surface area contributed by atoms with E-state index >= 15 is 0 Å². The van der Waals surface area contributed by atoms with Gasteiger partial charge in [-0.1, -0.05) is 58.0 Å². The monoisotopic (exact) mass is 290 g/mol. The molecule has 0 bridgehead atoms. The molecule has 0 amide bonds. The zero-order valence-corrected chi connectivity index (χ0v) is 10.1. The van der Waals surface area contributed by atoms with Crippen LogP contribution in [0.3, 0.4) is 0 Å². The van der Waals surface area contributed by atoms with E-state index in [2.05, 4.69) is 0 Å². The summed E-state index contributed by atoms with van der Waals surface area (Å²) in [6.07, 6.45) is 0.0536.